The predicted octanol–water partition coefficient (Wildman–Crippen LogP) is 4.38. The van der Waals surface area contributed by atoms with Crippen LogP contribution in [0.2, 0.25) is 0 Å². The number of likely N-dealkylation sites (N-methyl/N-ethyl adjacent to an activating group) is 1. The Hall–Kier alpha value is -3.53. The summed E-state index contributed by atoms with van der Waals surface area (Å²) in [6.45, 7) is 9.22. The van der Waals surface area contributed by atoms with Crippen LogP contribution in [0, 0.1) is 0 Å². The van der Waals surface area contributed by atoms with Crippen LogP contribution in [-0.2, 0) is 16.4 Å². The van der Waals surface area contributed by atoms with Gasteiger partial charge in [-0.05, 0) is 66.0 Å². The lowest BCUT2D eigenvalue weighted by atomic mass is 9.99. The Balaban J connectivity index is 1.21. The molecule has 2 aromatic carbocycles. The van der Waals surface area contributed by atoms with Crippen molar-refractivity contribution in [2.24, 2.45) is 0 Å². The number of rotatable bonds is 9. The molecule has 3 aliphatic heterocycles. The van der Waals surface area contributed by atoms with Gasteiger partial charge in [-0.3, -0.25) is 9.21 Å². The minimum atomic E-state index is -3.63. The Morgan fingerprint density at radius 3 is 2.47 bits per heavy atom. The zero-order valence-corrected chi connectivity index (χ0v) is 29.7. The van der Waals surface area contributed by atoms with Gasteiger partial charge >= 0.3 is 0 Å². The van der Waals surface area contributed by atoms with Crippen LogP contribution in [0.1, 0.15) is 25.3 Å². The number of aromatic nitrogens is 2. The Kier molecular flexibility index (Phi) is 9.88. The second kappa shape index (κ2) is 13.9. The van der Waals surface area contributed by atoms with Gasteiger partial charge in [0.05, 0.1) is 22.1 Å². The molecule has 2 saturated heterocycles. The molecule has 2 fully saturated rings. The molecule has 0 atom stereocenters. The number of ether oxygens (including phenoxy) is 2. The van der Waals surface area contributed by atoms with Crippen LogP contribution in [0.3, 0.4) is 0 Å². The third-order valence-corrected chi connectivity index (χ3v) is 10.9. The number of nitrogens with one attached hydrogen (secondary N) is 2. The molecule has 254 valence electrons. The number of anilines is 6. The number of aryl methyl sites for hydroxylation is 1. The third kappa shape index (κ3) is 7.32. The van der Waals surface area contributed by atoms with Crippen molar-refractivity contribution in [3.63, 3.8) is 0 Å². The number of halogens is 1. The van der Waals surface area contributed by atoms with Gasteiger partial charge < -0.3 is 35.0 Å². The molecule has 1 aromatic heterocycles. The average molecular weight is 732 g/mol. The average Bonchev–Trinajstić information content (AvgIpc) is 3.06. The predicted molar refractivity (Wildman–Crippen MR) is 189 cm³/mol. The number of piperidine rings is 1. The van der Waals surface area contributed by atoms with Gasteiger partial charge in [0.15, 0.2) is 11.5 Å². The molecule has 0 radical (unpaired) electrons. The monoisotopic (exact) mass is 730 g/mol. The van der Waals surface area contributed by atoms with E-state index in [1.54, 1.807) is 18.3 Å². The van der Waals surface area contributed by atoms with Crippen LogP contribution >= 0.6 is 15.9 Å². The first-order chi connectivity index (χ1) is 22.5. The summed E-state index contributed by atoms with van der Waals surface area (Å²) >= 11 is 3.51. The van der Waals surface area contributed by atoms with Crippen LogP contribution in [0.4, 0.5) is 34.5 Å². The summed E-state index contributed by atoms with van der Waals surface area (Å²) in [5, 5.41) is 17.6. The summed E-state index contributed by atoms with van der Waals surface area (Å²) in [5.41, 5.74) is 3.45. The van der Waals surface area contributed by atoms with E-state index >= 15 is 0 Å². The van der Waals surface area contributed by atoms with Gasteiger partial charge in [-0.2, -0.15) is 4.98 Å². The highest BCUT2D eigenvalue weighted by Gasteiger charge is 2.29. The highest BCUT2D eigenvalue weighted by Crippen LogP contribution is 2.46. The van der Waals surface area contributed by atoms with Gasteiger partial charge in [0.2, 0.25) is 16.0 Å². The second-order valence-corrected chi connectivity index (χ2v) is 15.1. The van der Waals surface area contributed by atoms with E-state index in [-0.39, 0.29) is 11.7 Å². The van der Waals surface area contributed by atoms with Crippen molar-refractivity contribution in [1.29, 1.82) is 0 Å². The van der Waals surface area contributed by atoms with E-state index in [9.17, 15) is 13.5 Å². The van der Waals surface area contributed by atoms with E-state index in [1.807, 2.05) is 12.1 Å². The summed E-state index contributed by atoms with van der Waals surface area (Å²) in [5.74, 6) is 1.55. The molecule has 6 rings (SSSR count). The first kappa shape index (κ1) is 33.4. The van der Waals surface area contributed by atoms with Crippen molar-refractivity contribution >= 4 is 60.5 Å². The lowest BCUT2D eigenvalue weighted by Crippen LogP contribution is -2.52. The standard InChI is InChI=1S/C32H43BrN8O5S/c1-5-21-18-25(27(42)19-26(21)41-10-8-22(9-11-41)40-14-12-38(2)13-15-40)36-32-34-20-23(33)31(37-32)35-24-6-7-28-30(46-17-16-45-28)29(24)39(3)47(4,43)44/h6-7,18-20,22,42H,5,8-17H2,1-4H3,(H2,34,35,36,37). The Labute approximate surface area is 285 Å². The highest BCUT2D eigenvalue weighted by atomic mass is 79.9. The lowest BCUT2D eigenvalue weighted by Gasteiger charge is -2.43. The zero-order chi connectivity index (χ0) is 33.3. The lowest BCUT2D eigenvalue weighted by molar-refractivity contribution is 0.0982. The maximum Gasteiger partial charge on any atom is 0.232 e. The van der Waals surface area contributed by atoms with E-state index in [0.717, 1.165) is 80.3 Å². The highest BCUT2D eigenvalue weighted by molar-refractivity contribution is 9.10. The summed E-state index contributed by atoms with van der Waals surface area (Å²) in [6.07, 6.45) is 5.74. The summed E-state index contributed by atoms with van der Waals surface area (Å²) in [4.78, 5) is 16.5. The van der Waals surface area contributed by atoms with Crippen molar-refractivity contribution in [1.82, 2.24) is 19.8 Å². The number of hydrogen-bond donors (Lipinski definition) is 3. The SMILES string of the molecule is CCc1cc(Nc2ncc(Br)c(Nc3ccc4c(c3N(C)S(C)(=O)=O)OCCO4)n2)c(O)cc1N1CCC(N2CCN(C)CC2)CC1. The number of fused-ring (bicyclic) bond motifs is 1. The van der Waals surface area contributed by atoms with Crippen LogP contribution in [0.5, 0.6) is 17.2 Å². The van der Waals surface area contributed by atoms with Crippen molar-refractivity contribution in [2.45, 2.75) is 32.2 Å². The molecular weight excluding hydrogens is 688 g/mol. The molecule has 0 unspecified atom stereocenters. The molecule has 0 bridgehead atoms. The minimum Gasteiger partial charge on any atom is -0.506 e. The van der Waals surface area contributed by atoms with E-state index in [4.69, 9.17) is 9.47 Å². The second-order valence-electron chi connectivity index (χ2n) is 12.3. The maximum absolute atomic E-state index is 12.6. The number of phenolic OH excluding ortho intramolecular Hbond substituents is 1. The van der Waals surface area contributed by atoms with Gasteiger partial charge in [-0.25, -0.2) is 13.4 Å². The van der Waals surface area contributed by atoms with Crippen LogP contribution in [0.25, 0.3) is 0 Å². The largest absolute Gasteiger partial charge is 0.506 e. The first-order valence-corrected chi connectivity index (χ1v) is 18.6. The van der Waals surface area contributed by atoms with Crippen LogP contribution in [-0.4, -0.2) is 112 Å². The molecule has 4 heterocycles. The number of aromatic hydroxyl groups is 1. The molecule has 3 aliphatic rings. The molecule has 0 spiro atoms. The fourth-order valence-electron chi connectivity index (χ4n) is 6.40. The molecule has 0 amide bonds. The quantitative estimate of drug-likeness (QED) is 0.270. The van der Waals surface area contributed by atoms with E-state index in [0.29, 0.717) is 58.1 Å². The molecule has 0 saturated carbocycles. The van der Waals surface area contributed by atoms with E-state index in [1.165, 1.54) is 7.05 Å². The number of hydrogen-bond acceptors (Lipinski definition) is 12. The molecule has 0 aliphatic carbocycles. The molecule has 3 N–H and O–H groups in total. The molecule has 15 heteroatoms. The number of nitrogens with zero attached hydrogens (tertiary/aromatic N) is 6. The van der Waals surface area contributed by atoms with Crippen molar-refractivity contribution in [3.05, 3.63) is 40.5 Å². The van der Waals surface area contributed by atoms with Gasteiger partial charge in [-0.1, -0.05) is 6.92 Å². The Morgan fingerprint density at radius 2 is 1.77 bits per heavy atom. The third-order valence-electron chi connectivity index (χ3n) is 9.18. The summed E-state index contributed by atoms with van der Waals surface area (Å²) in [7, 11) is 0.0221. The maximum atomic E-state index is 12.6. The van der Waals surface area contributed by atoms with Gasteiger partial charge in [-0.15, -0.1) is 0 Å². The molecule has 13 nitrogen and oxygen atoms in total. The van der Waals surface area contributed by atoms with Crippen LogP contribution in [0.15, 0.2) is 34.9 Å². The fraction of sp³-hybridized carbons (Fsp3) is 0.500. The Bertz CT molecular complexity index is 1710. The summed E-state index contributed by atoms with van der Waals surface area (Å²) < 4.78 is 38.4. The number of benzene rings is 2. The Morgan fingerprint density at radius 1 is 1.04 bits per heavy atom. The fourth-order valence-corrected chi connectivity index (χ4v) is 7.21. The molecule has 3 aromatic rings. The van der Waals surface area contributed by atoms with Gasteiger partial charge in [0.25, 0.3) is 0 Å². The van der Waals surface area contributed by atoms with Gasteiger partial charge in [0, 0.05) is 70.3 Å². The summed E-state index contributed by atoms with van der Waals surface area (Å²) in [6, 6.07) is 7.87. The van der Waals surface area contributed by atoms with E-state index < -0.39 is 10.0 Å². The molecular formula is C32H43BrN8O5S. The first-order valence-electron chi connectivity index (χ1n) is 16.0. The topological polar surface area (TPSA) is 136 Å². The van der Waals surface area contributed by atoms with Crippen molar-refractivity contribution < 1.29 is 23.0 Å². The minimum absolute atomic E-state index is 0.114. The van der Waals surface area contributed by atoms with E-state index in [2.05, 4.69) is 65.2 Å². The van der Waals surface area contributed by atoms with Crippen molar-refractivity contribution in [2.75, 3.05) is 92.7 Å². The number of phenols is 1. The van der Waals surface area contributed by atoms with Gasteiger partial charge in [0.1, 0.15) is 30.5 Å². The molecule has 47 heavy (non-hydrogen) atoms. The van der Waals surface area contributed by atoms with Crippen LogP contribution < -0.4 is 29.3 Å². The zero-order valence-electron chi connectivity index (χ0n) is 27.3. The number of piperazine rings is 1. The van der Waals surface area contributed by atoms with Crippen molar-refractivity contribution in [3.8, 4) is 17.2 Å². The smallest absolute Gasteiger partial charge is 0.232 e. The number of sulfonamides is 1. The normalized spacial score (nSPS) is 17.9.